The maximum atomic E-state index is 14.8. The number of anilines is 2. The molecule has 9 nitrogen and oxygen atoms in total. The van der Waals surface area contributed by atoms with E-state index in [0.29, 0.717) is 37.6 Å². The molecule has 2 aromatic carbocycles. The number of rotatable bonds is 7. The lowest BCUT2D eigenvalue weighted by Gasteiger charge is -2.36. The normalized spacial score (nSPS) is 14.3. The van der Waals surface area contributed by atoms with E-state index in [1.54, 1.807) is 21.9 Å². The summed E-state index contributed by atoms with van der Waals surface area (Å²) in [5.74, 6) is 3.78. The number of carbonyl (C=O) groups excluding carboxylic acids is 1. The maximum absolute atomic E-state index is 14.8. The van der Waals surface area contributed by atoms with Gasteiger partial charge in [-0.2, -0.15) is 5.10 Å². The zero-order valence-electron chi connectivity index (χ0n) is 19.2. The molecule has 186 valence electrons. The number of halogens is 2. The average molecular weight is 504 g/mol. The zero-order valence-corrected chi connectivity index (χ0v) is 20.0. The Labute approximate surface area is 207 Å². The molecule has 1 amide bonds. The van der Waals surface area contributed by atoms with Crippen LogP contribution in [0, 0.1) is 11.6 Å². The van der Waals surface area contributed by atoms with Crippen molar-refractivity contribution in [1.29, 1.82) is 0 Å². The van der Waals surface area contributed by atoms with Crippen molar-refractivity contribution < 1.29 is 18.3 Å². The highest BCUT2D eigenvalue weighted by molar-refractivity contribution is 7.80. The van der Waals surface area contributed by atoms with E-state index in [2.05, 4.69) is 15.4 Å². The van der Waals surface area contributed by atoms with E-state index in [-0.39, 0.29) is 35.4 Å². The number of amides is 1. The monoisotopic (exact) mass is 503 g/mol. The smallest absolute Gasteiger partial charge is 0.256 e. The molecule has 0 bridgehead atoms. The van der Waals surface area contributed by atoms with Gasteiger partial charge in [0, 0.05) is 44.0 Å². The molecule has 3 rings (SSSR count). The second kappa shape index (κ2) is 12.1. The summed E-state index contributed by atoms with van der Waals surface area (Å²) in [4.78, 5) is 19.9. The van der Waals surface area contributed by atoms with Crippen molar-refractivity contribution in [2.24, 2.45) is 15.9 Å². The number of nitrogens with zero attached hydrogens (tertiary/aromatic N) is 4. The second-order valence-corrected chi connectivity index (χ2v) is 8.14. The first-order chi connectivity index (χ1) is 16.8. The predicted octanol–water partition coefficient (Wildman–Crippen LogP) is 1.98. The molecule has 35 heavy (non-hydrogen) atoms. The summed E-state index contributed by atoms with van der Waals surface area (Å²) in [6.07, 6.45) is 1.53. The van der Waals surface area contributed by atoms with Crippen LogP contribution in [0.15, 0.2) is 46.5 Å². The Morgan fingerprint density at radius 3 is 2.37 bits per heavy atom. The number of nitrogen functional groups attached to an aromatic ring is 1. The summed E-state index contributed by atoms with van der Waals surface area (Å²) >= 11 is 4.86. The minimum absolute atomic E-state index is 0.0434. The van der Waals surface area contributed by atoms with Crippen molar-refractivity contribution >= 4 is 52.3 Å². The topological polar surface area (TPSA) is 122 Å². The quantitative estimate of drug-likeness (QED) is 0.174. The van der Waals surface area contributed by atoms with E-state index in [1.165, 1.54) is 13.3 Å². The Hall–Kier alpha value is -3.80. The molecule has 1 heterocycles. The fourth-order valence-electron chi connectivity index (χ4n) is 3.54. The molecule has 1 saturated heterocycles. The summed E-state index contributed by atoms with van der Waals surface area (Å²) in [7, 11) is 1.41. The predicted molar refractivity (Wildman–Crippen MR) is 137 cm³/mol. The SMILES string of the molecule is COC(=S)NCC(C=Nc1cc(F)c(N2CCN(C(=O)Cc3ccc(N)cc3)CC2)c(F)c1)=NN. The number of aliphatic imine (C=N–C) groups is 1. The van der Waals surface area contributed by atoms with Crippen LogP contribution in [0.1, 0.15) is 5.56 Å². The van der Waals surface area contributed by atoms with Gasteiger partial charge in [0.25, 0.3) is 5.17 Å². The van der Waals surface area contributed by atoms with Gasteiger partial charge in [0.1, 0.15) is 5.69 Å². The molecular weight excluding hydrogens is 476 g/mol. The number of hydrogen-bond acceptors (Lipinski definition) is 8. The van der Waals surface area contributed by atoms with Crippen molar-refractivity contribution in [3.63, 3.8) is 0 Å². The van der Waals surface area contributed by atoms with Crippen LogP contribution in [0.4, 0.5) is 25.8 Å². The van der Waals surface area contributed by atoms with E-state index in [4.69, 9.17) is 28.5 Å². The average Bonchev–Trinajstić information content (AvgIpc) is 2.85. The number of nitrogens with one attached hydrogen (secondary N) is 1. The van der Waals surface area contributed by atoms with Gasteiger partial charge in [0.2, 0.25) is 5.91 Å². The van der Waals surface area contributed by atoms with Crippen molar-refractivity contribution in [1.82, 2.24) is 10.2 Å². The van der Waals surface area contributed by atoms with E-state index in [0.717, 1.165) is 17.7 Å². The fourth-order valence-corrected chi connectivity index (χ4v) is 3.61. The number of nitrogens with two attached hydrogens (primary N) is 2. The first-order valence-electron chi connectivity index (χ1n) is 10.8. The van der Waals surface area contributed by atoms with Crippen LogP contribution in [-0.2, 0) is 16.0 Å². The van der Waals surface area contributed by atoms with Gasteiger partial charge in [0.15, 0.2) is 11.6 Å². The number of thiocarbonyl (C=S) groups is 1. The lowest BCUT2D eigenvalue weighted by Crippen LogP contribution is -2.49. The summed E-state index contributed by atoms with van der Waals surface area (Å²) in [6.45, 7) is 1.47. The maximum Gasteiger partial charge on any atom is 0.256 e. The fraction of sp³-hybridized carbons (Fsp3) is 0.304. The summed E-state index contributed by atoms with van der Waals surface area (Å²) in [5.41, 5.74) is 7.39. The molecule has 1 fully saturated rings. The highest BCUT2D eigenvalue weighted by Crippen LogP contribution is 2.29. The lowest BCUT2D eigenvalue weighted by atomic mass is 10.1. The molecule has 2 aromatic rings. The van der Waals surface area contributed by atoms with E-state index >= 15 is 0 Å². The van der Waals surface area contributed by atoms with Gasteiger partial charge in [-0.05, 0) is 29.9 Å². The Kier molecular flexibility index (Phi) is 8.90. The number of hydrazone groups is 1. The Morgan fingerprint density at radius 1 is 1.17 bits per heavy atom. The minimum atomic E-state index is -0.747. The second-order valence-electron chi connectivity index (χ2n) is 7.77. The van der Waals surface area contributed by atoms with E-state index in [1.807, 2.05) is 12.1 Å². The number of carbonyl (C=O) groups is 1. The Bertz CT molecular complexity index is 1090. The van der Waals surface area contributed by atoms with Gasteiger partial charge in [0.05, 0.1) is 37.7 Å². The Balaban J connectivity index is 1.60. The zero-order chi connectivity index (χ0) is 25.4. The standard InChI is InChI=1S/C23H27F2N7O2S/c1-34-23(35)29-14-18(30-27)13-28-17-11-19(24)22(20(25)12-17)32-8-6-31(7-9-32)21(33)10-15-2-4-16(26)5-3-15/h2-5,11-13H,6-10,14,26-27H2,1H3,(H,29,35). The van der Waals surface area contributed by atoms with E-state index < -0.39 is 11.6 Å². The van der Waals surface area contributed by atoms with E-state index in [9.17, 15) is 13.6 Å². The van der Waals surface area contributed by atoms with Gasteiger partial charge >= 0.3 is 0 Å². The molecule has 0 spiro atoms. The molecular formula is C23H27F2N7O2S. The lowest BCUT2D eigenvalue weighted by molar-refractivity contribution is -0.130. The van der Waals surface area contributed by atoms with Gasteiger partial charge in [-0.3, -0.25) is 9.79 Å². The van der Waals surface area contributed by atoms with Crippen molar-refractivity contribution in [2.75, 3.05) is 50.5 Å². The third-order valence-electron chi connectivity index (χ3n) is 5.41. The molecule has 1 aliphatic rings. The molecule has 12 heteroatoms. The number of methoxy groups -OCH3 is 1. The number of benzene rings is 2. The largest absolute Gasteiger partial charge is 0.474 e. The van der Waals surface area contributed by atoms with Crippen molar-refractivity contribution in [3.8, 4) is 0 Å². The number of piperazine rings is 1. The van der Waals surface area contributed by atoms with Crippen LogP contribution >= 0.6 is 12.2 Å². The number of ether oxygens (including phenoxy) is 1. The van der Waals surface area contributed by atoms with Gasteiger partial charge in [-0.15, -0.1) is 0 Å². The summed E-state index contributed by atoms with van der Waals surface area (Å²) < 4.78 is 34.5. The highest BCUT2D eigenvalue weighted by atomic mass is 32.1. The molecule has 1 aliphatic heterocycles. The van der Waals surface area contributed by atoms with Crippen molar-refractivity contribution in [3.05, 3.63) is 53.6 Å². The Morgan fingerprint density at radius 2 is 1.80 bits per heavy atom. The molecule has 0 atom stereocenters. The van der Waals surface area contributed by atoms with Crippen LogP contribution in [0.2, 0.25) is 0 Å². The van der Waals surface area contributed by atoms with Crippen LogP contribution in [-0.4, -0.2) is 67.7 Å². The minimum Gasteiger partial charge on any atom is -0.474 e. The third-order valence-corrected chi connectivity index (χ3v) is 5.72. The first-order valence-corrected chi connectivity index (χ1v) is 11.2. The summed E-state index contributed by atoms with van der Waals surface area (Å²) in [6, 6.07) is 9.38. The number of hydrogen-bond donors (Lipinski definition) is 3. The first kappa shape index (κ1) is 25.8. The van der Waals surface area contributed by atoms with Crippen LogP contribution < -0.4 is 21.8 Å². The van der Waals surface area contributed by atoms with Crippen LogP contribution in [0.5, 0.6) is 0 Å². The van der Waals surface area contributed by atoms with Gasteiger partial charge in [-0.25, -0.2) is 8.78 Å². The van der Waals surface area contributed by atoms with Crippen LogP contribution in [0.3, 0.4) is 0 Å². The molecule has 0 aliphatic carbocycles. The van der Waals surface area contributed by atoms with Gasteiger partial charge < -0.3 is 31.4 Å². The molecule has 0 aromatic heterocycles. The molecule has 5 N–H and O–H groups in total. The van der Waals surface area contributed by atoms with Crippen LogP contribution in [0.25, 0.3) is 0 Å². The van der Waals surface area contributed by atoms with Crippen molar-refractivity contribution in [2.45, 2.75) is 6.42 Å². The highest BCUT2D eigenvalue weighted by Gasteiger charge is 2.25. The van der Waals surface area contributed by atoms with Gasteiger partial charge in [-0.1, -0.05) is 12.1 Å². The molecule has 0 unspecified atom stereocenters. The molecule has 0 radical (unpaired) electrons. The summed E-state index contributed by atoms with van der Waals surface area (Å²) in [5, 5.41) is 6.44. The molecule has 0 saturated carbocycles. The third kappa shape index (κ3) is 7.09.